The predicted molar refractivity (Wildman–Crippen MR) is 90.3 cm³/mol. The first kappa shape index (κ1) is 15.7. The minimum absolute atomic E-state index is 0.211. The number of para-hydroxylation sites is 1. The largest absolute Gasteiger partial charge is 0.391 e. The SMILES string of the molecule is O=C(c1cccc2nccnc12)N1C[C@H](O)C[C@H]1c1ccc(F)cc1. The van der Waals surface area contributed by atoms with Gasteiger partial charge in [-0.1, -0.05) is 18.2 Å². The molecule has 1 aliphatic rings. The van der Waals surface area contributed by atoms with E-state index >= 15 is 0 Å². The molecule has 2 heterocycles. The van der Waals surface area contributed by atoms with Crippen LogP contribution in [0.4, 0.5) is 4.39 Å². The van der Waals surface area contributed by atoms with Crippen LogP contribution in [0.5, 0.6) is 0 Å². The molecule has 0 spiro atoms. The first-order valence-corrected chi connectivity index (χ1v) is 8.08. The summed E-state index contributed by atoms with van der Waals surface area (Å²) in [6.45, 7) is 0.234. The molecule has 0 saturated carbocycles. The standard InChI is InChI=1S/C19H16FN3O2/c20-13-6-4-12(5-7-13)17-10-14(24)11-23(17)19(25)15-2-1-3-16-18(15)22-9-8-21-16/h1-9,14,17,24H,10-11H2/t14-,17+/m1/s1. The number of fused-ring (bicyclic) bond motifs is 1. The van der Waals surface area contributed by atoms with Gasteiger partial charge in [-0.05, 0) is 36.2 Å². The van der Waals surface area contributed by atoms with Crippen LogP contribution in [0.25, 0.3) is 11.0 Å². The third-order valence-electron chi connectivity index (χ3n) is 4.52. The van der Waals surface area contributed by atoms with Crippen LogP contribution in [0, 0.1) is 5.82 Å². The highest BCUT2D eigenvalue weighted by molar-refractivity contribution is 6.04. The molecule has 0 aliphatic carbocycles. The molecule has 1 aromatic heterocycles. The van der Waals surface area contributed by atoms with Gasteiger partial charge >= 0.3 is 0 Å². The minimum Gasteiger partial charge on any atom is -0.391 e. The van der Waals surface area contributed by atoms with Gasteiger partial charge in [-0.15, -0.1) is 0 Å². The Balaban J connectivity index is 1.73. The van der Waals surface area contributed by atoms with Crippen molar-refractivity contribution in [3.05, 3.63) is 71.8 Å². The maximum absolute atomic E-state index is 13.2. The van der Waals surface area contributed by atoms with Crippen LogP contribution >= 0.6 is 0 Å². The maximum Gasteiger partial charge on any atom is 0.256 e. The van der Waals surface area contributed by atoms with Crippen molar-refractivity contribution in [1.29, 1.82) is 0 Å². The Morgan fingerprint density at radius 1 is 1.12 bits per heavy atom. The van der Waals surface area contributed by atoms with Crippen molar-refractivity contribution in [2.45, 2.75) is 18.6 Å². The van der Waals surface area contributed by atoms with Gasteiger partial charge in [-0.25, -0.2) is 4.39 Å². The van der Waals surface area contributed by atoms with Crippen LogP contribution in [0.3, 0.4) is 0 Å². The van der Waals surface area contributed by atoms with E-state index in [1.807, 2.05) is 0 Å². The summed E-state index contributed by atoms with van der Waals surface area (Å²) in [4.78, 5) is 23.3. The highest BCUT2D eigenvalue weighted by Crippen LogP contribution is 2.34. The zero-order chi connectivity index (χ0) is 17.4. The smallest absolute Gasteiger partial charge is 0.256 e. The van der Waals surface area contributed by atoms with E-state index in [0.717, 1.165) is 5.56 Å². The average molecular weight is 337 g/mol. The van der Waals surface area contributed by atoms with Gasteiger partial charge in [0.1, 0.15) is 11.3 Å². The Morgan fingerprint density at radius 2 is 1.88 bits per heavy atom. The van der Waals surface area contributed by atoms with E-state index in [1.54, 1.807) is 47.6 Å². The molecule has 126 valence electrons. The van der Waals surface area contributed by atoms with Crippen LogP contribution in [-0.4, -0.2) is 38.5 Å². The van der Waals surface area contributed by atoms with Crippen LogP contribution in [0.15, 0.2) is 54.9 Å². The summed E-state index contributed by atoms with van der Waals surface area (Å²) in [6, 6.07) is 11.0. The summed E-state index contributed by atoms with van der Waals surface area (Å²) in [7, 11) is 0. The number of nitrogens with zero attached hydrogens (tertiary/aromatic N) is 3. The van der Waals surface area contributed by atoms with Gasteiger partial charge in [-0.2, -0.15) is 0 Å². The number of β-amino-alcohol motifs (C(OH)–C–C–N with tert-alkyl or cyclic N) is 1. The first-order valence-electron chi connectivity index (χ1n) is 8.08. The van der Waals surface area contributed by atoms with Crippen LogP contribution < -0.4 is 0 Å². The van der Waals surface area contributed by atoms with Crippen molar-refractivity contribution in [3.63, 3.8) is 0 Å². The number of rotatable bonds is 2. The Morgan fingerprint density at radius 3 is 2.68 bits per heavy atom. The van der Waals surface area contributed by atoms with E-state index < -0.39 is 6.10 Å². The molecular weight excluding hydrogens is 321 g/mol. The molecule has 5 nitrogen and oxygen atoms in total. The Kier molecular flexibility index (Phi) is 3.89. The second-order valence-electron chi connectivity index (χ2n) is 6.14. The molecule has 1 aliphatic heterocycles. The molecular formula is C19H16FN3O2. The van der Waals surface area contributed by atoms with Gasteiger partial charge in [-0.3, -0.25) is 14.8 Å². The molecule has 2 aromatic carbocycles. The van der Waals surface area contributed by atoms with Crippen molar-refractivity contribution >= 4 is 16.9 Å². The summed E-state index contributed by atoms with van der Waals surface area (Å²) in [5.74, 6) is -0.540. The van der Waals surface area contributed by atoms with Gasteiger partial charge in [0.05, 0.1) is 23.2 Å². The fraction of sp³-hybridized carbons (Fsp3) is 0.211. The molecule has 0 unspecified atom stereocenters. The van der Waals surface area contributed by atoms with E-state index in [0.29, 0.717) is 23.0 Å². The molecule has 2 atom stereocenters. The lowest BCUT2D eigenvalue weighted by atomic mass is 10.0. The van der Waals surface area contributed by atoms with Crippen molar-refractivity contribution in [2.75, 3.05) is 6.54 Å². The summed E-state index contributed by atoms with van der Waals surface area (Å²) in [6.07, 6.45) is 2.95. The first-order chi connectivity index (χ1) is 12.1. The molecule has 4 rings (SSSR count). The molecule has 25 heavy (non-hydrogen) atoms. The number of benzene rings is 2. The number of aliphatic hydroxyl groups excluding tert-OH is 1. The van der Waals surface area contributed by atoms with Crippen LogP contribution in [0.2, 0.25) is 0 Å². The zero-order valence-corrected chi connectivity index (χ0v) is 13.3. The molecule has 1 amide bonds. The second-order valence-corrected chi connectivity index (χ2v) is 6.14. The van der Waals surface area contributed by atoms with Crippen molar-refractivity contribution in [1.82, 2.24) is 14.9 Å². The van der Waals surface area contributed by atoms with Gasteiger partial charge in [0.2, 0.25) is 0 Å². The van der Waals surface area contributed by atoms with Gasteiger partial charge in [0, 0.05) is 18.9 Å². The number of aliphatic hydroxyl groups is 1. The quantitative estimate of drug-likeness (QED) is 0.781. The minimum atomic E-state index is -0.611. The lowest BCUT2D eigenvalue weighted by molar-refractivity contribution is 0.0717. The Labute approximate surface area is 143 Å². The monoisotopic (exact) mass is 337 g/mol. The fourth-order valence-electron chi connectivity index (χ4n) is 3.36. The normalized spacial score (nSPS) is 20.2. The summed E-state index contributed by atoms with van der Waals surface area (Å²) < 4.78 is 13.2. The molecule has 1 fully saturated rings. The number of amides is 1. The van der Waals surface area contributed by atoms with Crippen LogP contribution in [-0.2, 0) is 0 Å². The van der Waals surface area contributed by atoms with Gasteiger partial charge < -0.3 is 10.0 Å². The summed E-state index contributed by atoms with van der Waals surface area (Å²) in [5, 5.41) is 10.1. The van der Waals surface area contributed by atoms with E-state index in [9.17, 15) is 14.3 Å². The maximum atomic E-state index is 13.2. The summed E-state index contributed by atoms with van der Waals surface area (Å²) in [5.41, 5.74) is 2.44. The third-order valence-corrected chi connectivity index (χ3v) is 4.52. The van der Waals surface area contributed by atoms with E-state index in [1.165, 1.54) is 12.1 Å². The van der Waals surface area contributed by atoms with Crippen molar-refractivity contribution in [2.24, 2.45) is 0 Å². The molecule has 0 bridgehead atoms. The average Bonchev–Trinajstić information content (AvgIpc) is 3.03. The predicted octanol–water partition coefficient (Wildman–Crippen LogP) is 2.72. The highest BCUT2D eigenvalue weighted by Gasteiger charge is 2.36. The van der Waals surface area contributed by atoms with Gasteiger partial charge in [0.15, 0.2) is 0 Å². The number of carbonyl (C=O) groups excluding carboxylic acids is 1. The fourth-order valence-corrected chi connectivity index (χ4v) is 3.36. The van der Waals surface area contributed by atoms with E-state index in [4.69, 9.17) is 0 Å². The second kappa shape index (κ2) is 6.22. The molecule has 3 aromatic rings. The number of hydrogen-bond acceptors (Lipinski definition) is 4. The summed E-state index contributed by atoms with van der Waals surface area (Å²) >= 11 is 0. The van der Waals surface area contributed by atoms with E-state index in [2.05, 4.69) is 9.97 Å². The molecule has 1 N–H and O–H groups in total. The lowest BCUT2D eigenvalue weighted by Crippen LogP contribution is -2.32. The molecule has 6 heteroatoms. The lowest BCUT2D eigenvalue weighted by Gasteiger charge is -2.25. The number of carbonyl (C=O) groups is 1. The number of aromatic nitrogens is 2. The number of halogens is 1. The number of hydrogen-bond donors (Lipinski definition) is 1. The highest BCUT2D eigenvalue weighted by atomic mass is 19.1. The zero-order valence-electron chi connectivity index (χ0n) is 13.3. The Bertz CT molecular complexity index is 924. The van der Waals surface area contributed by atoms with Crippen LogP contribution in [0.1, 0.15) is 28.4 Å². The third kappa shape index (κ3) is 2.85. The van der Waals surface area contributed by atoms with Crippen molar-refractivity contribution < 1.29 is 14.3 Å². The van der Waals surface area contributed by atoms with Gasteiger partial charge in [0.25, 0.3) is 5.91 Å². The molecule has 1 saturated heterocycles. The molecule has 0 radical (unpaired) electrons. The topological polar surface area (TPSA) is 66.3 Å². The van der Waals surface area contributed by atoms with Crippen molar-refractivity contribution in [3.8, 4) is 0 Å². The Hall–Kier alpha value is -2.86. The number of likely N-dealkylation sites (tertiary alicyclic amines) is 1. The van der Waals surface area contributed by atoms with E-state index in [-0.39, 0.29) is 24.3 Å².